The van der Waals surface area contributed by atoms with Crippen molar-refractivity contribution < 1.29 is 22.7 Å². The second kappa shape index (κ2) is 12.4. The van der Waals surface area contributed by atoms with Crippen LogP contribution in [0.4, 0.5) is 5.95 Å². The topological polar surface area (TPSA) is 136 Å². The van der Waals surface area contributed by atoms with Crippen LogP contribution < -0.4 is 14.2 Å². The van der Waals surface area contributed by atoms with Gasteiger partial charge in [0.15, 0.2) is 5.75 Å². The van der Waals surface area contributed by atoms with Crippen LogP contribution in [0.1, 0.15) is 80.2 Å². The molecule has 0 spiro atoms. The lowest BCUT2D eigenvalue weighted by molar-refractivity contribution is -0.172. The average Bonchev–Trinajstić information content (AvgIpc) is 3.00. The summed E-state index contributed by atoms with van der Waals surface area (Å²) in [6.07, 6.45) is 5.67. The predicted octanol–water partition coefficient (Wildman–Crippen LogP) is 6.33. The third-order valence-electron chi connectivity index (χ3n) is 9.87. The van der Waals surface area contributed by atoms with Gasteiger partial charge < -0.3 is 14.4 Å². The van der Waals surface area contributed by atoms with Gasteiger partial charge in [0.05, 0.1) is 40.7 Å². The maximum atomic E-state index is 14.8. The highest BCUT2D eigenvalue weighted by molar-refractivity contribution is 7.92. The lowest BCUT2D eigenvalue weighted by Crippen LogP contribution is -2.77. The molecule has 1 aliphatic heterocycles. The van der Waals surface area contributed by atoms with E-state index in [1.54, 1.807) is 30.6 Å². The summed E-state index contributed by atoms with van der Waals surface area (Å²) in [5, 5.41) is 0. The van der Waals surface area contributed by atoms with E-state index in [0.29, 0.717) is 29.6 Å². The third-order valence-corrected chi connectivity index (χ3v) is 11.2. The molecule has 0 saturated heterocycles. The number of benzene rings is 2. The van der Waals surface area contributed by atoms with Gasteiger partial charge in [-0.1, -0.05) is 38.1 Å². The van der Waals surface area contributed by atoms with Crippen LogP contribution in [0.15, 0.2) is 65.8 Å². The number of aromatic nitrogens is 4. The molecule has 11 nitrogen and oxygen atoms in total. The van der Waals surface area contributed by atoms with Gasteiger partial charge in [-0.15, -0.1) is 0 Å². The quantitative estimate of drug-likeness (QED) is 0.237. The van der Waals surface area contributed by atoms with Crippen LogP contribution in [0.3, 0.4) is 0 Å². The van der Waals surface area contributed by atoms with Gasteiger partial charge in [-0.2, -0.15) is 4.98 Å². The number of hydrogen-bond acceptors (Lipinski definition) is 9. The van der Waals surface area contributed by atoms with E-state index in [2.05, 4.69) is 28.5 Å². The molecule has 1 amide bonds. The molecule has 12 heteroatoms. The number of aryl methyl sites for hydroxylation is 2. The van der Waals surface area contributed by atoms with Gasteiger partial charge in [-0.3, -0.25) is 4.79 Å². The van der Waals surface area contributed by atoms with Crippen LogP contribution in [-0.4, -0.2) is 63.5 Å². The van der Waals surface area contributed by atoms with Gasteiger partial charge in [0.25, 0.3) is 15.9 Å². The largest absolute Gasteiger partial charge is 0.488 e. The summed E-state index contributed by atoms with van der Waals surface area (Å²) >= 11 is 0. The summed E-state index contributed by atoms with van der Waals surface area (Å²) in [6, 6.07) is 13.5. The van der Waals surface area contributed by atoms with Crippen molar-refractivity contribution in [3.05, 3.63) is 83.4 Å². The highest BCUT2D eigenvalue weighted by Gasteiger charge is 2.71. The van der Waals surface area contributed by atoms with Crippen molar-refractivity contribution in [1.82, 2.24) is 24.8 Å². The van der Waals surface area contributed by atoms with Gasteiger partial charge in [0.2, 0.25) is 11.8 Å². The summed E-state index contributed by atoms with van der Waals surface area (Å²) in [5.41, 5.74) is 3.12. The fourth-order valence-electron chi connectivity index (χ4n) is 7.78. The molecule has 3 aliphatic carbocycles. The monoisotopic (exact) mass is 682 g/mol. The van der Waals surface area contributed by atoms with E-state index in [1.807, 2.05) is 50.8 Å². The maximum absolute atomic E-state index is 14.8. The van der Waals surface area contributed by atoms with Crippen LogP contribution in [-0.2, 0) is 10.0 Å². The molecule has 3 fully saturated rings. The minimum absolute atomic E-state index is 0.00333. The number of rotatable bonds is 7. The first-order chi connectivity index (χ1) is 23.3. The smallest absolute Gasteiger partial charge is 0.264 e. The highest BCUT2D eigenvalue weighted by atomic mass is 32.2. The minimum atomic E-state index is -4.17. The van der Waals surface area contributed by atoms with Gasteiger partial charge in [0, 0.05) is 23.1 Å². The van der Waals surface area contributed by atoms with Crippen LogP contribution in [0.2, 0.25) is 0 Å². The van der Waals surface area contributed by atoms with E-state index in [9.17, 15) is 13.2 Å². The first kappa shape index (κ1) is 32.9. The number of nitrogens with one attached hydrogen (secondary N) is 1. The number of anilines is 1. The van der Waals surface area contributed by atoms with Crippen molar-refractivity contribution in [2.45, 2.75) is 89.3 Å². The maximum Gasteiger partial charge on any atom is 0.264 e. The zero-order chi connectivity index (χ0) is 34.7. The van der Waals surface area contributed by atoms with E-state index < -0.39 is 15.6 Å². The van der Waals surface area contributed by atoms with Crippen molar-refractivity contribution in [3.63, 3.8) is 0 Å². The van der Waals surface area contributed by atoms with E-state index in [0.717, 1.165) is 29.5 Å². The van der Waals surface area contributed by atoms with Crippen LogP contribution >= 0.6 is 0 Å². The zero-order valence-corrected chi connectivity index (χ0v) is 29.5. The van der Waals surface area contributed by atoms with Crippen molar-refractivity contribution >= 4 is 21.9 Å². The molecular weight excluding hydrogens is 641 g/mol. The minimum Gasteiger partial charge on any atom is -0.488 e. The summed E-state index contributed by atoms with van der Waals surface area (Å²) in [4.78, 5) is 35.3. The first-order valence-electron chi connectivity index (χ1n) is 16.9. The number of carbonyl (C=O) groups excluding carboxylic acids is 1. The van der Waals surface area contributed by atoms with Crippen molar-refractivity contribution in [2.75, 3.05) is 11.3 Å². The second-order valence-corrected chi connectivity index (χ2v) is 16.0. The number of ether oxygens (including phenoxy) is 2. The van der Waals surface area contributed by atoms with E-state index in [-0.39, 0.29) is 58.8 Å². The molecule has 1 unspecified atom stereocenters. The fraction of sp³-hybridized carbons (Fsp3) is 0.432. The normalized spacial score (nSPS) is 24.0. The molecule has 6 bridgehead atoms. The standard InChI is InChI=1S/C37H42N6O5S/c1-21(2)13-27-20-47-31-15-30(32-23(5)9-7-10-24(32)6)40-36(41-31)42-49(45,46)29-12-8-11-25(14-29)35(44)43(27)37-16-26(17-37)33(37)34-38-18-28(19-39-34)48-22(3)4/h7-12,14-15,18-19,21-22,26-27,33H,13,16-17,20H2,1-6H3,(H,40,41,42)/t26?,27-,33?,37?/m1/s1. The lowest BCUT2D eigenvalue weighted by atomic mass is 9.41. The van der Waals surface area contributed by atoms with Crippen LogP contribution in [0, 0.1) is 25.7 Å². The number of hydrogen-bond donors (Lipinski definition) is 1. The molecule has 3 saturated carbocycles. The van der Waals surface area contributed by atoms with Crippen molar-refractivity contribution in [1.29, 1.82) is 0 Å². The van der Waals surface area contributed by atoms with Gasteiger partial charge in [-0.05, 0) is 88.1 Å². The molecule has 4 aliphatic rings. The Balaban J connectivity index is 1.34. The molecule has 4 aromatic rings. The second-order valence-electron chi connectivity index (χ2n) is 14.3. The number of fused-ring (bicyclic) bond motifs is 4. The number of carbonyl (C=O) groups is 1. The lowest BCUT2D eigenvalue weighted by Gasteiger charge is -2.72. The Bertz CT molecular complexity index is 1990. The average molecular weight is 683 g/mol. The SMILES string of the molecule is Cc1cccc(C)c1-c1cc2nc(n1)NS(=O)(=O)c1cccc(c1)C(=O)N(C13CC(C1)C3c1ncc(OC(C)C)cn1)[C@H](CC(C)C)CO2. The predicted molar refractivity (Wildman–Crippen MR) is 185 cm³/mol. The van der Waals surface area contributed by atoms with Crippen LogP contribution in [0.5, 0.6) is 11.6 Å². The Hall–Kier alpha value is -4.58. The fourth-order valence-corrected chi connectivity index (χ4v) is 8.77. The Morgan fingerprint density at radius 2 is 1.69 bits per heavy atom. The third kappa shape index (κ3) is 6.00. The highest BCUT2D eigenvalue weighted by Crippen LogP contribution is 2.69. The summed E-state index contributed by atoms with van der Waals surface area (Å²) in [5.74, 6) is 1.65. The summed E-state index contributed by atoms with van der Waals surface area (Å²) in [6.45, 7) is 12.3. The van der Waals surface area contributed by atoms with Crippen LogP contribution in [0.25, 0.3) is 11.3 Å². The van der Waals surface area contributed by atoms with Gasteiger partial charge in [-0.25, -0.2) is 28.1 Å². The summed E-state index contributed by atoms with van der Waals surface area (Å²) < 4.78 is 42.3. The zero-order valence-electron chi connectivity index (χ0n) is 28.7. The number of amides is 1. The number of nitrogens with zero attached hydrogens (tertiary/aromatic N) is 5. The molecular formula is C37H42N6O5S. The first-order valence-corrected chi connectivity index (χ1v) is 18.4. The molecule has 1 N–H and O–H groups in total. The Labute approximate surface area is 287 Å². The van der Waals surface area contributed by atoms with E-state index in [1.165, 1.54) is 12.1 Å². The molecule has 49 heavy (non-hydrogen) atoms. The molecule has 3 heterocycles. The Morgan fingerprint density at radius 1 is 1.00 bits per heavy atom. The summed E-state index contributed by atoms with van der Waals surface area (Å²) in [7, 11) is -4.17. The van der Waals surface area contributed by atoms with Crippen molar-refractivity contribution in [3.8, 4) is 22.9 Å². The van der Waals surface area contributed by atoms with Gasteiger partial charge in [0.1, 0.15) is 12.4 Å². The van der Waals surface area contributed by atoms with E-state index >= 15 is 0 Å². The van der Waals surface area contributed by atoms with Crippen molar-refractivity contribution in [2.24, 2.45) is 11.8 Å². The molecule has 2 aromatic carbocycles. The number of sulfonamides is 1. The Kier molecular flexibility index (Phi) is 8.33. The van der Waals surface area contributed by atoms with Gasteiger partial charge >= 0.3 is 0 Å². The molecule has 8 rings (SSSR count). The Morgan fingerprint density at radius 3 is 2.33 bits per heavy atom. The molecule has 2 atom stereocenters. The molecule has 0 radical (unpaired) electrons. The molecule has 2 aromatic heterocycles. The van der Waals surface area contributed by atoms with E-state index in [4.69, 9.17) is 19.4 Å². The molecule has 256 valence electrons.